The summed E-state index contributed by atoms with van der Waals surface area (Å²) >= 11 is 0. The SMILES string of the molecule is CCn1nc(C)c(S(=O)(=O)N2CCN(C(=O)c3cccc(OC)c3)CC2)c1C. The Kier molecular flexibility index (Phi) is 5.76. The normalized spacial score (nSPS) is 15.6. The van der Waals surface area contributed by atoms with Gasteiger partial charge in [0.05, 0.1) is 18.5 Å². The van der Waals surface area contributed by atoms with Gasteiger partial charge in [0.25, 0.3) is 5.91 Å². The van der Waals surface area contributed by atoms with Crippen LogP contribution in [0.5, 0.6) is 5.75 Å². The van der Waals surface area contributed by atoms with Crippen LogP contribution in [0.4, 0.5) is 0 Å². The van der Waals surface area contributed by atoms with Crippen molar-refractivity contribution in [2.45, 2.75) is 32.2 Å². The predicted octanol–water partition coefficient (Wildman–Crippen LogP) is 1.68. The third kappa shape index (κ3) is 3.64. The van der Waals surface area contributed by atoms with Gasteiger partial charge in [-0.05, 0) is 39.0 Å². The van der Waals surface area contributed by atoms with E-state index >= 15 is 0 Å². The average molecular weight is 407 g/mol. The van der Waals surface area contributed by atoms with Crippen LogP contribution in [0.15, 0.2) is 29.2 Å². The number of hydrogen-bond donors (Lipinski definition) is 0. The molecule has 0 unspecified atom stereocenters. The van der Waals surface area contributed by atoms with Crippen molar-refractivity contribution in [3.63, 3.8) is 0 Å². The van der Waals surface area contributed by atoms with Gasteiger partial charge in [0.2, 0.25) is 10.0 Å². The van der Waals surface area contributed by atoms with Gasteiger partial charge in [-0.3, -0.25) is 9.48 Å². The number of aromatic nitrogens is 2. The summed E-state index contributed by atoms with van der Waals surface area (Å²) < 4.78 is 34.6. The van der Waals surface area contributed by atoms with Crippen molar-refractivity contribution < 1.29 is 17.9 Å². The summed E-state index contributed by atoms with van der Waals surface area (Å²) in [4.78, 5) is 14.7. The molecular weight excluding hydrogens is 380 g/mol. The molecule has 1 aliphatic heterocycles. The monoisotopic (exact) mass is 406 g/mol. The fraction of sp³-hybridized carbons (Fsp3) is 0.474. The highest BCUT2D eigenvalue weighted by Gasteiger charge is 2.34. The Bertz CT molecular complexity index is 976. The number of rotatable bonds is 5. The van der Waals surface area contributed by atoms with Gasteiger partial charge in [0, 0.05) is 38.3 Å². The van der Waals surface area contributed by atoms with Gasteiger partial charge in [0.15, 0.2) is 0 Å². The number of nitrogens with zero attached hydrogens (tertiary/aromatic N) is 4. The molecule has 1 aliphatic rings. The number of amides is 1. The average Bonchev–Trinajstić information content (AvgIpc) is 3.01. The minimum Gasteiger partial charge on any atom is -0.497 e. The lowest BCUT2D eigenvalue weighted by Crippen LogP contribution is -2.50. The zero-order chi connectivity index (χ0) is 20.5. The topological polar surface area (TPSA) is 84.7 Å². The molecule has 2 heterocycles. The molecule has 1 saturated heterocycles. The van der Waals surface area contributed by atoms with Crippen LogP contribution in [-0.4, -0.2) is 66.6 Å². The molecular formula is C19H26N4O4S. The van der Waals surface area contributed by atoms with Crippen LogP contribution in [-0.2, 0) is 16.6 Å². The fourth-order valence-electron chi connectivity index (χ4n) is 3.56. The number of benzene rings is 1. The Labute approximate surface area is 165 Å². The number of methoxy groups -OCH3 is 1. The molecule has 8 nitrogen and oxygen atoms in total. The highest BCUT2D eigenvalue weighted by molar-refractivity contribution is 7.89. The van der Waals surface area contributed by atoms with Crippen molar-refractivity contribution >= 4 is 15.9 Å². The molecule has 3 rings (SSSR count). The van der Waals surface area contributed by atoms with Crippen molar-refractivity contribution in [2.24, 2.45) is 0 Å². The maximum atomic E-state index is 13.1. The molecule has 2 aromatic rings. The number of carbonyl (C=O) groups is 1. The standard InChI is InChI=1S/C19H26N4O4S/c1-5-23-15(3)18(14(2)20-23)28(25,26)22-11-9-21(10-12-22)19(24)16-7-6-8-17(13-16)27-4/h6-8,13H,5,9-12H2,1-4H3. The second-order valence-electron chi connectivity index (χ2n) is 6.74. The predicted molar refractivity (Wildman–Crippen MR) is 105 cm³/mol. The molecule has 0 atom stereocenters. The molecule has 0 saturated carbocycles. The molecule has 1 aromatic carbocycles. The fourth-order valence-corrected chi connectivity index (χ4v) is 5.36. The van der Waals surface area contributed by atoms with Gasteiger partial charge in [-0.25, -0.2) is 8.42 Å². The summed E-state index contributed by atoms with van der Waals surface area (Å²) in [7, 11) is -2.09. The lowest BCUT2D eigenvalue weighted by molar-refractivity contribution is 0.0697. The van der Waals surface area contributed by atoms with Crippen LogP contribution in [0.1, 0.15) is 28.7 Å². The Hall–Kier alpha value is -2.39. The van der Waals surface area contributed by atoms with E-state index in [9.17, 15) is 13.2 Å². The highest BCUT2D eigenvalue weighted by atomic mass is 32.2. The number of sulfonamides is 1. The van der Waals surface area contributed by atoms with Crippen LogP contribution in [0, 0.1) is 13.8 Å². The first-order valence-corrected chi connectivity index (χ1v) is 10.7. The van der Waals surface area contributed by atoms with Gasteiger partial charge in [0.1, 0.15) is 10.6 Å². The van der Waals surface area contributed by atoms with E-state index in [-0.39, 0.29) is 23.9 Å². The van der Waals surface area contributed by atoms with E-state index in [0.29, 0.717) is 42.3 Å². The lowest BCUT2D eigenvalue weighted by Gasteiger charge is -2.34. The summed E-state index contributed by atoms with van der Waals surface area (Å²) in [5.74, 6) is 0.494. The highest BCUT2D eigenvalue weighted by Crippen LogP contribution is 2.25. The van der Waals surface area contributed by atoms with Crippen LogP contribution >= 0.6 is 0 Å². The van der Waals surface area contributed by atoms with E-state index in [4.69, 9.17) is 4.74 Å². The van der Waals surface area contributed by atoms with Crippen LogP contribution in [0.25, 0.3) is 0 Å². The summed E-state index contributed by atoms with van der Waals surface area (Å²) in [5, 5.41) is 4.32. The first kappa shape index (κ1) is 20.3. The quantitative estimate of drug-likeness (QED) is 0.754. The van der Waals surface area contributed by atoms with Crippen molar-refractivity contribution in [3.05, 3.63) is 41.2 Å². The van der Waals surface area contributed by atoms with Gasteiger partial charge in [-0.1, -0.05) is 6.07 Å². The maximum absolute atomic E-state index is 13.1. The third-order valence-corrected chi connectivity index (χ3v) is 7.21. The molecule has 9 heteroatoms. The molecule has 0 spiro atoms. The van der Waals surface area contributed by atoms with Crippen LogP contribution in [0.2, 0.25) is 0 Å². The van der Waals surface area contributed by atoms with E-state index in [2.05, 4.69) is 5.10 Å². The minimum absolute atomic E-state index is 0.123. The second-order valence-corrected chi connectivity index (χ2v) is 8.62. The van der Waals surface area contributed by atoms with Crippen molar-refractivity contribution in [3.8, 4) is 5.75 Å². The molecule has 1 fully saturated rings. The Morgan fingerprint density at radius 3 is 2.43 bits per heavy atom. The molecule has 1 aromatic heterocycles. The van der Waals surface area contributed by atoms with E-state index < -0.39 is 10.0 Å². The summed E-state index contributed by atoms with van der Waals surface area (Å²) in [6, 6.07) is 6.98. The number of ether oxygens (including phenoxy) is 1. The third-order valence-electron chi connectivity index (χ3n) is 5.06. The summed E-state index contributed by atoms with van der Waals surface area (Å²) in [5.41, 5.74) is 1.69. The summed E-state index contributed by atoms with van der Waals surface area (Å²) in [6.07, 6.45) is 0. The Morgan fingerprint density at radius 2 is 1.86 bits per heavy atom. The lowest BCUT2D eigenvalue weighted by atomic mass is 10.1. The van der Waals surface area contributed by atoms with Gasteiger partial charge < -0.3 is 9.64 Å². The molecule has 152 valence electrons. The van der Waals surface area contributed by atoms with Gasteiger partial charge in [-0.15, -0.1) is 0 Å². The van der Waals surface area contributed by atoms with E-state index in [1.807, 2.05) is 6.92 Å². The molecule has 1 amide bonds. The van der Waals surface area contributed by atoms with Crippen molar-refractivity contribution in [2.75, 3.05) is 33.3 Å². The zero-order valence-corrected chi connectivity index (χ0v) is 17.5. The van der Waals surface area contributed by atoms with E-state index in [1.54, 1.807) is 54.8 Å². The maximum Gasteiger partial charge on any atom is 0.254 e. The van der Waals surface area contributed by atoms with E-state index in [0.717, 1.165) is 0 Å². The Morgan fingerprint density at radius 1 is 1.18 bits per heavy atom. The van der Waals surface area contributed by atoms with E-state index in [1.165, 1.54) is 4.31 Å². The van der Waals surface area contributed by atoms with Crippen molar-refractivity contribution in [1.29, 1.82) is 0 Å². The molecule has 0 radical (unpaired) electrons. The number of hydrogen-bond acceptors (Lipinski definition) is 5. The largest absolute Gasteiger partial charge is 0.497 e. The Balaban J connectivity index is 1.74. The number of piperazine rings is 1. The van der Waals surface area contributed by atoms with Crippen LogP contribution < -0.4 is 4.74 Å². The van der Waals surface area contributed by atoms with Crippen molar-refractivity contribution in [1.82, 2.24) is 19.0 Å². The van der Waals surface area contributed by atoms with Gasteiger partial charge in [-0.2, -0.15) is 9.40 Å². The first-order chi connectivity index (χ1) is 13.3. The molecule has 0 N–H and O–H groups in total. The molecule has 28 heavy (non-hydrogen) atoms. The molecule has 0 bridgehead atoms. The second kappa shape index (κ2) is 7.92. The zero-order valence-electron chi connectivity index (χ0n) is 16.7. The first-order valence-electron chi connectivity index (χ1n) is 9.27. The smallest absolute Gasteiger partial charge is 0.254 e. The number of aryl methyl sites for hydroxylation is 2. The summed E-state index contributed by atoms with van der Waals surface area (Å²) in [6.45, 7) is 7.24. The number of carbonyl (C=O) groups excluding carboxylic acids is 1. The van der Waals surface area contributed by atoms with Crippen LogP contribution in [0.3, 0.4) is 0 Å². The minimum atomic E-state index is -3.65. The molecule has 0 aliphatic carbocycles. The van der Waals surface area contributed by atoms with Gasteiger partial charge >= 0.3 is 0 Å².